The van der Waals surface area contributed by atoms with Gasteiger partial charge < -0.3 is 9.84 Å². The number of hydrogen-bond acceptors (Lipinski definition) is 5. The largest absolute Gasteiger partial charge is 0.476 e. The third-order valence-electron chi connectivity index (χ3n) is 4.92. The first-order valence-electron chi connectivity index (χ1n) is 10.3. The van der Waals surface area contributed by atoms with Gasteiger partial charge in [0.05, 0.1) is 18.0 Å². The topological polar surface area (TPSA) is 104 Å². The summed E-state index contributed by atoms with van der Waals surface area (Å²) < 4.78 is 45.1. The standard InChI is InChI=1S/C23H27FN2O6S/c1-22(2,3)14-33(30,31)25(21(28)29)13-15-6-11-18-19(12-15)32-23(4,5)20(27)26(18)17-9-7-16(24)8-10-17/h6-12H,13-14H2,1-5H3,(H,28,29). The van der Waals surface area contributed by atoms with Crippen LogP contribution in [0.2, 0.25) is 0 Å². The van der Waals surface area contributed by atoms with E-state index in [1.54, 1.807) is 40.7 Å². The van der Waals surface area contributed by atoms with Gasteiger partial charge >= 0.3 is 6.09 Å². The summed E-state index contributed by atoms with van der Waals surface area (Å²) in [6, 6.07) is 10.0. The average Bonchev–Trinajstić information content (AvgIpc) is 2.65. The predicted octanol–water partition coefficient (Wildman–Crippen LogP) is 4.52. The van der Waals surface area contributed by atoms with Gasteiger partial charge in [0.1, 0.15) is 11.6 Å². The number of ether oxygens (including phenoxy) is 1. The number of carbonyl (C=O) groups is 2. The Balaban J connectivity index is 2.01. The summed E-state index contributed by atoms with van der Waals surface area (Å²) in [4.78, 5) is 26.2. The Kier molecular flexibility index (Phi) is 6.18. The van der Waals surface area contributed by atoms with Crippen molar-refractivity contribution < 1.29 is 32.2 Å². The van der Waals surface area contributed by atoms with E-state index in [0.29, 0.717) is 21.2 Å². The molecule has 2 amide bonds. The molecule has 1 N–H and O–H groups in total. The zero-order chi connectivity index (χ0) is 24.8. The number of carboxylic acid groups (broad SMARTS) is 1. The SMILES string of the molecule is CC(C)(C)CS(=O)(=O)N(Cc1ccc2c(c1)OC(C)(C)C(=O)N2c1ccc(F)cc1)C(=O)O. The molecule has 3 rings (SSSR count). The molecule has 0 aromatic heterocycles. The minimum absolute atomic E-state index is 0.278. The van der Waals surface area contributed by atoms with Crippen molar-refractivity contribution in [2.24, 2.45) is 5.41 Å². The normalized spacial score (nSPS) is 15.6. The number of nitrogens with zero attached hydrogens (tertiary/aromatic N) is 2. The lowest BCUT2D eigenvalue weighted by Gasteiger charge is -2.39. The molecule has 0 atom stereocenters. The van der Waals surface area contributed by atoms with Crippen LogP contribution in [-0.2, 0) is 21.4 Å². The van der Waals surface area contributed by atoms with E-state index in [-0.39, 0.29) is 17.4 Å². The van der Waals surface area contributed by atoms with E-state index in [9.17, 15) is 27.5 Å². The molecule has 0 saturated carbocycles. The van der Waals surface area contributed by atoms with Crippen molar-refractivity contribution in [2.45, 2.75) is 46.8 Å². The summed E-state index contributed by atoms with van der Waals surface area (Å²) in [6.07, 6.45) is -1.58. The average molecular weight is 479 g/mol. The van der Waals surface area contributed by atoms with Gasteiger partial charge in [-0.05, 0) is 61.2 Å². The number of hydrogen-bond donors (Lipinski definition) is 1. The molecule has 0 unspecified atom stereocenters. The van der Waals surface area contributed by atoms with Gasteiger partial charge in [0.25, 0.3) is 5.91 Å². The van der Waals surface area contributed by atoms with Crippen LogP contribution >= 0.6 is 0 Å². The van der Waals surface area contributed by atoms with Gasteiger partial charge in [-0.2, -0.15) is 0 Å². The summed E-state index contributed by atoms with van der Waals surface area (Å²) in [5, 5.41) is 9.57. The maximum atomic E-state index is 13.4. The third kappa shape index (κ3) is 5.27. The highest BCUT2D eigenvalue weighted by atomic mass is 32.2. The fourth-order valence-electron chi connectivity index (χ4n) is 3.54. The van der Waals surface area contributed by atoms with Crippen LogP contribution in [0.25, 0.3) is 0 Å². The van der Waals surface area contributed by atoms with Crippen molar-refractivity contribution in [3.05, 3.63) is 53.8 Å². The number of halogens is 1. The minimum Gasteiger partial charge on any atom is -0.476 e. The van der Waals surface area contributed by atoms with Crippen LogP contribution in [0.5, 0.6) is 5.75 Å². The van der Waals surface area contributed by atoms with Crippen molar-refractivity contribution in [3.63, 3.8) is 0 Å². The summed E-state index contributed by atoms with van der Waals surface area (Å²) in [5.74, 6) is -0.873. The minimum atomic E-state index is -4.10. The number of carbonyl (C=O) groups excluding carboxylic acids is 1. The second-order valence-corrected chi connectivity index (χ2v) is 11.5. The summed E-state index contributed by atoms with van der Waals surface area (Å²) in [7, 11) is -4.10. The van der Waals surface area contributed by atoms with Gasteiger partial charge in [-0.25, -0.2) is 21.9 Å². The molecule has 1 aliphatic heterocycles. The Bertz CT molecular complexity index is 1190. The molecule has 0 saturated heterocycles. The Morgan fingerprint density at radius 1 is 1.15 bits per heavy atom. The van der Waals surface area contributed by atoms with Crippen LogP contribution in [0.15, 0.2) is 42.5 Å². The van der Waals surface area contributed by atoms with Crippen molar-refractivity contribution in [1.29, 1.82) is 0 Å². The van der Waals surface area contributed by atoms with Crippen LogP contribution in [0.1, 0.15) is 40.2 Å². The molecule has 0 bridgehead atoms. The molecule has 33 heavy (non-hydrogen) atoms. The van der Waals surface area contributed by atoms with Gasteiger partial charge in [-0.3, -0.25) is 9.69 Å². The molecule has 1 heterocycles. The maximum absolute atomic E-state index is 13.4. The Morgan fingerprint density at radius 3 is 2.30 bits per heavy atom. The number of anilines is 2. The van der Waals surface area contributed by atoms with Gasteiger partial charge in [-0.15, -0.1) is 0 Å². The van der Waals surface area contributed by atoms with Gasteiger partial charge in [-0.1, -0.05) is 26.8 Å². The van der Waals surface area contributed by atoms with E-state index in [2.05, 4.69) is 0 Å². The highest BCUT2D eigenvalue weighted by molar-refractivity contribution is 7.89. The van der Waals surface area contributed by atoms with E-state index < -0.39 is 39.5 Å². The van der Waals surface area contributed by atoms with Crippen LogP contribution in [-0.4, -0.2) is 41.2 Å². The number of benzene rings is 2. The second kappa shape index (κ2) is 8.33. The fraction of sp³-hybridized carbons (Fsp3) is 0.391. The first-order valence-corrected chi connectivity index (χ1v) is 11.9. The molecule has 0 aliphatic carbocycles. The van der Waals surface area contributed by atoms with E-state index in [1.165, 1.54) is 41.3 Å². The lowest BCUT2D eigenvalue weighted by atomic mass is 10.0. The van der Waals surface area contributed by atoms with Crippen LogP contribution in [0, 0.1) is 11.2 Å². The molecule has 0 radical (unpaired) electrons. The molecule has 0 spiro atoms. The van der Waals surface area contributed by atoms with Crippen molar-refractivity contribution in [3.8, 4) is 5.75 Å². The summed E-state index contributed by atoms with van der Waals surface area (Å²) in [6.45, 7) is 7.88. The zero-order valence-corrected chi connectivity index (χ0v) is 19.9. The number of sulfonamides is 1. The smallest absolute Gasteiger partial charge is 0.421 e. The molecule has 10 heteroatoms. The highest BCUT2D eigenvalue weighted by Gasteiger charge is 2.42. The molecule has 178 valence electrons. The summed E-state index contributed by atoms with van der Waals surface area (Å²) in [5.41, 5.74) is -0.699. The van der Waals surface area contributed by atoms with E-state index in [4.69, 9.17) is 4.74 Å². The second-order valence-electron chi connectivity index (χ2n) is 9.64. The summed E-state index contributed by atoms with van der Waals surface area (Å²) >= 11 is 0. The van der Waals surface area contributed by atoms with Crippen molar-refractivity contribution in [1.82, 2.24) is 4.31 Å². The number of rotatable bonds is 5. The Hall–Kier alpha value is -3.14. The predicted molar refractivity (Wildman–Crippen MR) is 122 cm³/mol. The highest BCUT2D eigenvalue weighted by Crippen LogP contribution is 2.42. The molecule has 2 aromatic carbocycles. The van der Waals surface area contributed by atoms with Crippen molar-refractivity contribution in [2.75, 3.05) is 10.7 Å². The monoisotopic (exact) mass is 478 g/mol. The maximum Gasteiger partial charge on any atom is 0.421 e. The molecule has 0 fully saturated rings. The Labute approximate surface area is 192 Å². The van der Waals surface area contributed by atoms with Gasteiger partial charge in [0.15, 0.2) is 5.60 Å². The van der Waals surface area contributed by atoms with E-state index in [1.807, 2.05) is 0 Å². The molecular weight excluding hydrogens is 451 g/mol. The van der Waals surface area contributed by atoms with Gasteiger partial charge in [0.2, 0.25) is 10.0 Å². The lowest BCUT2D eigenvalue weighted by molar-refractivity contribution is -0.131. The quantitative estimate of drug-likeness (QED) is 0.678. The molecule has 1 aliphatic rings. The lowest BCUT2D eigenvalue weighted by Crippen LogP contribution is -2.50. The first-order chi connectivity index (χ1) is 15.1. The van der Waals surface area contributed by atoms with E-state index in [0.717, 1.165) is 0 Å². The fourth-order valence-corrected chi connectivity index (χ4v) is 5.38. The Morgan fingerprint density at radius 2 is 1.76 bits per heavy atom. The van der Waals surface area contributed by atoms with Crippen LogP contribution < -0.4 is 9.64 Å². The zero-order valence-electron chi connectivity index (χ0n) is 19.1. The molecule has 2 aromatic rings. The van der Waals surface area contributed by atoms with Crippen LogP contribution in [0.3, 0.4) is 0 Å². The number of amides is 2. The first kappa shape index (κ1) is 24.5. The number of fused-ring (bicyclic) bond motifs is 1. The van der Waals surface area contributed by atoms with Crippen molar-refractivity contribution >= 4 is 33.4 Å². The molecular formula is C23H27FN2O6S. The third-order valence-corrected chi connectivity index (χ3v) is 7.11. The van der Waals surface area contributed by atoms with Crippen LogP contribution in [0.4, 0.5) is 20.6 Å². The molecule has 8 nitrogen and oxygen atoms in total. The van der Waals surface area contributed by atoms with E-state index >= 15 is 0 Å². The van der Waals surface area contributed by atoms with Gasteiger partial charge in [0, 0.05) is 5.69 Å².